The first-order chi connectivity index (χ1) is 12.2. The number of benzene rings is 2. The molecule has 2 aromatic carbocycles. The summed E-state index contributed by atoms with van der Waals surface area (Å²) >= 11 is 0. The van der Waals surface area contributed by atoms with Crippen molar-refractivity contribution in [2.24, 2.45) is 0 Å². The van der Waals surface area contributed by atoms with Crippen molar-refractivity contribution in [1.82, 2.24) is 0 Å². The molecule has 0 amide bonds. The summed E-state index contributed by atoms with van der Waals surface area (Å²) < 4.78 is 0. The Bertz CT molecular complexity index is 801. The third-order valence-electron chi connectivity index (χ3n) is 4.91. The molecular formula is C22H25N2O2-. The Morgan fingerprint density at radius 3 is 1.31 bits per heavy atom. The summed E-state index contributed by atoms with van der Waals surface area (Å²) in [6.07, 6.45) is 2.77. The van der Waals surface area contributed by atoms with E-state index in [1.807, 2.05) is 53.9 Å². The number of carbonyl (C=O) groups is 1. The van der Waals surface area contributed by atoms with Gasteiger partial charge in [0.15, 0.2) is 6.17 Å². The number of nitrogens with zero attached hydrogens (tertiary/aromatic N) is 2. The zero-order valence-electron chi connectivity index (χ0n) is 16.3. The lowest BCUT2D eigenvalue weighted by Gasteiger charge is -2.36. The van der Waals surface area contributed by atoms with Gasteiger partial charge < -0.3 is 19.7 Å². The smallest absolute Gasteiger partial charge is 0.150 e. The standard InChI is InChI=1S/C22H26N2O2/c1-13-9-15(3)19(16(4)10-13)23-7-8-24(21(23)22(25)26)20-17(5)11-14(2)12-18(20)6/h7-12,21H,1-6H3,(H,25,26)/p-1. The molecular weight excluding hydrogens is 324 g/mol. The molecule has 0 N–H and O–H groups in total. The maximum atomic E-state index is 12.1. The summed E-state index contributed by atoms with van der Waals surface area (Å²) in [6.45, 7) is 12.2. The molecule has 1 aliphatic heterocycles. The number of carbonyl (C=O) groups excluding carboxylic acids is 1. The Balaban J connectivity index is 2.11. The van der Waals surface area contributed by atoms with Crippen LogP contribution in [-0.4, -0.2) is 12.1 Å². The van der Waals surface area contributed by atoms with Crippen molar-refractivity contribution in [1.29, 1.82) is 0 Å². The van der Waals surface area contributed by atoms with E-state index in [9.17, 15) is 9.90 Å². The van der Waals surface area contributed by atoms with Crippen LogP contribution in [0, 0.1) is 41.5 Å². The highest BCUT2D eigenvalue weighted by Gasteiger charge is 2.32. The molecule has 0 fully saturated rings. The SMILES string of the molecule is Cc1cc(C)c(N2C=CN(c3c(C)cc(C)cc3C)C2C(=O)[O-])c(C)c1. The normalized spacial score (nSPS) is 14.4. The molecule has 136 valence electrons. The van der Waals surface area contributed by atoms with Gasteiger partial charge in [-0.05, 0) is 63.8 Å². The average molecular weight is 349 g/mol. The van der Waals surface area contributed by atoms with Gasteiger partial charge in [0.25, 0.3) is 0 Å². The maximum Gasteiger partial charge on any atom is 0.150 e. The summed E-state index contributed by atoms with van der Waals surface area (Å²) in [5.41, 5.74) is 8.39. The molecule has 0 spiro atoms. The molecule has 2 aromatic rings. The summed E-state index contributed by atoms with van der Waals surface area (Å²) in [5, 5.41) is 12.1. The highest BCUT2D eigenvalue weighted by atomic mass is 16.4. The van der Waals surface area contributed by atoms with Gasteiger partial charge in [0.05, 0.1) is 5.97 Å². The Kier molecular flexibility index (Phi) is 4.53. The van der Waals surface area contributed by atoms with Gasteiger partial charge >= 0.3 is 0 Å². The molecule has 26 heavy (non-hydrogen) atoms. The third kappa shape index (κ3) is 2.96. The fourth-order valence-corrected chi connectivity index (χ4v) is 4.22. The van der Waals surface area contributed by atoms with E-state index < -0.39 is 12.1 Å². The number of aliphatic carboxylic acids is 1. The molecule has 1 heterocycles. The number of carboxylic acids is 1. The number of hydrogen-bond acceptors (Lipinski definition) is 4. The predicted molar refractivity (Wildman–Crippen MR) is 104 cm³/mol. The lowest BCUT2D eigenvalue weighted by molar-refractivity contribution is -0.307. The van der Waals surface area contributed by atoms with Crippen LogP contribution < -0.4 is 14.9 Å². The van der Waals surface area contributed by atoms with Gasteiger partial charge in [0.1, 0.15) is 0 Å². The number of anilines is 2. The van der Waals surface area contributed by atoms with Crippen molar-refractivity contribution in [2.75, 3.05) is 9.80 Å². The van der Waals surface area contributed by atoms with E-state index in [0.29, 0.717) is 0 Å². The third-order valence-corrected chi connectivity index (χ3v) is 4.91. The number of rotatable bonds is 3. The van der Waals surface area contributed by atoms with Crippen molar-refractivity contribution in [2.45, 2.75) is 47.7 Å². The van der Waals surface area contributed by atoms with Crippen LogP contribution in [0.4, 0.5) is 11.4 Å². The summed E-state index contributed by atoms with van der Waals surface area (Å²) in [5.74, 6) is -1.12. The molecule has 3 rings (SSSR count). The Morgan fingerprint density at radius 1 is 0.731 bits per heavy atom. The summed E-state index contributed by atoms with van der Waals surface area (Å²) in [4.78, 5) is 15.7. The molecule has 0 atom stereocenters. The van der Waals surface area contributed by atoms with Gasteiger partial charge in [-0.1, -0.05) is 35.4 Å². The van der Waals surface area contributed by atoms with Crippen molar-refractivity contribution in [3.63, 3.8) is 0 Å². The van der Waals surface area contributed by atoms with Crippen LogP contribution in [0.15, 0.2) is 36.7 Å². The number of aryl methyl sites for hydroxylation is 6. The number of carboxylic acid groups (broad SMARTS) is 1. The van der Waals surface area contributed by atoms with Gasteiger partial charge in [0, 0.05) is 23.8 Å². The average Bonchev–Trinajstić information content (AvgIpc) is 2.89. The van der Waals surface area contributed by atoms with Crippen molar-refractivity contribution < 1.29 is 9.90 Å². The van der Waals surface area contributed by atoms with Crippen LogP contribution >= 0.6 is 0 Å². The van der Waals surface area contributed by atoms with E-state index in [1.54, 1.807) is 9.80 Å². The fraction of sp³-hybridized carbons (Fsp3) is 0.318. The van der Waals surface area contributed by atoms with Crippen LogP contribution in [-0.2, 0) is 4.79 Å². The molecule has 0 aromatic heterocycles. The minimum absolute atomic E-state index is 0.907. The van der Waals surface area contributed by atoms with Crippen molar-refractivity contribution in [3.05, 3.63) is 70.0 Å². The Morgan fingerprint density at radius 2 is 1.04 bits per heavy atom. The summed E-state index contributed by atoms with van der Waals surface area (Å²) in [6, 6.07) is 8.31. The largest absolute Gasteiger partial charge is 0.546 e. The van der Waals surface area contributed by atoms with Gasteiger partial charge in [-0.15, -0.1) is 0 Å². The zero-order valence-corrected chi connectivity index (χ0v) is 16.3. The quantitative estimate of drug-likeness (QED) is 0.852. The zero-order chi connectivity index (χ0) is 19.2. The minimum atomic E-state index is -1.12. The van der Waals surface area contributed by atoms with E-state index >= 15 is 0 Å². The molecule has 0 saturated heterocycles. The van der Waals surface area contributed by atoms with E-state index in [1.165, 1.54) is 11.1 Å². The van der Waals surface area contributed by atoms with E-state index in [4.69, 9.17) is 0 Å². The van der Waals surface area contributed by atoms with Crippen molar-refractivity contribution in [3.8, 4) is 0 Å². The van der Waals surface area contributed by atoms with Crippen LogP contribution in [0.2, 0.25) is 0 Å². The van der Waals surface area contributed by atoms with Gasteiger partial charge in [-0.2, -0.15) is 0 Å². The van der Waals surface area contributed by atoms with Gasteiger partial charge in [-0.25, -0.2) is 0 Å². The molecule has 0 aliphatic carbocycles. The monoisotopic (exact) mass is 349 g/mol. The lowest BCUT2D eigenvalue weighted by atomic mass is 10.0. The Hall–Kier alpha value is -2.75. The Labute approximate surface area is 155 Å². The second kappa shape index (κ2) is 6.52. The second-order valence-electron chi connectivity index (χ2n) is 7.30. The molecule has 1 aliphatic rings. The van der Waals surface area contributed by atoms with E-state index in [-0.39, 0.29) is 0 Å². The molecule has 4 nitrogen and oxygen atoms in total. The first kappa shape index (κ1) is 18.1. The van der Waals surface area contributed by atoms with Gasteiger partial charge in [0.2, 0.25) is 0 Å². The summed E-state index contributed by atoms with van der Waals surface area (Å²) in [7, 11) is 0. The van der Waals surface area contributed by atoms with Crippen LogP contribution in [0.3, 0.4) is 0 Å². The lowest BCUT2D eigenvalue weighted by Crippen LogP contribution is -2.52. The first-order valence-corrected chi connectivity index (χ1v) is 8.82. The highest BCUT2D eigenvalue weighted by Crippen LogP contribution is 2.36. The topological polar surface area (TPSA) is 46.6 Å². The van der Waals surface area contributed by atoms with E-state index in [2.05, 4.69) is 24.3 Å². The van der Waals surface area contributed by atoms with Gasteiger partial charge in [-0.3, -0.25) is 0 Å². The highest BCUT2D eigenvalue weighted by molar-refractivity contribution is 5.86. The maximum absolute atomic E-state index is 12.1. The number of hydrogen-bond donors (Lipinski definition) is 0. The van der Waals surface area contributed by atoms with Crippen LogP contribution in [0.5, 0.6) is 0 Å². The fourth-order valence-electron chi connectivity index (χ4n) is 4.22. The van der Waals surface area contributed by atoms with E-state index in [0.717, 1.165) is 33.6 Å². The second-order valence-corrected chi connectivity index (χ2v) is 7.30. The van der Waals surface area contributed by atoms with Crippen LogP contribution in [0.25, 0.3) is 0 Å². The first-order valence-electron chi connectivity index (χ1n) is 8.82. The molecule has 0 radical (unpaired) electrons. The molecule has 0 bridgehead atoms. The molecule has 4 heteroatoms. The molecule has 0 saturated carbocycles. The predicted octanol–water partition coefficient (Wildman–Crippen LogP) is 3.41. The van der Waals surface area contributed by atoms with Crippen molar-refractivity contribution >= 4 is 17.3 Å². The molecule has 0 unspecified atom stereocenters. The minimum Gasteiger partial charge on any atom is -0.546 e. The van der Waals surface area contributed by atoms with Crippen LogP contribution in [0.1, 0.15) is 33.4 Å².